The van der Waals surface area contributed by atoms with E-state index in [1.165, 1.54) is 0 Å². The second-order valence-corrected chi connectivity index (χ2v) is 6.88. The lowest BCUT2D eigenvalue weighted by molar-refractivity contribution is 0.104. The summed E-state index contributed by atoms with van der Waals surface area (Å²) in [5.41, 5.74) is 6.47. The molecular weight excluding hydrogens is 342 g/mol. The molecule has 3 aromatic carbocycles. The maximum atomic E-state index is 13.3. The van der Waals surface area contributed by atoms with Gasteiger partial charge in [-0.1, -0.05) is 78.9 Å². The zero-order valence-corrected chi connectivity index (χ0v) is 16.0. The van der Waals surface area contributed by atoms with E-state index in [4.69, 9.17) is 4.98 Å². The van der Waals surface area contributed by atoms with Crippen molar-refractivity contribution in [3.8, 4) is 11.1 Å². The number of aryl methyl sites for hydroxylation is 2. The van der Waals surface area contributed by atoms with E-state index >= 15 is 0 Å². The van der Waals surface area contributed by atoms with Gasteiger partial charge in [0, 0.05) is 16.6 Å². The Balaban J connectivity index is 1.90. The molecule has 0 amide bonds. The highest BCUT2D eigenvalue weighted by Gasteiger charge is 2.18. The van der Waals surface area contributed by atoms with E-state index in [9.17, 15) is 4.79 Å². The third-order valence-electron chi connectivity index (χ3n) is 4.98. The van der Waals surface area contributed by atoms with Crippen LogP contribution in [0.4, 0.5) is 0 Å². The van der Waals surface area contributed by atoms with Gasteiger partial charge in [0.05, 0.1) is 11.1 Å². The molecule has 1 aromatic heterocycles. The summed E-state index contributed by atoms with van der Waals surface area (Å²) in [6.45, 7) is 3.95. The summed E-state index contributed by atoms with van der Waals surface area (Å²) in [4.78, 5) is 18.0. The van der Waals surface area contributed by atoms with E-state index in [0.717, 1.165) is 38.9 Å². The SMILES string of the molecule is Cc1ccccc1/C=C/C(=O)c1c(C)nc2ccccc2c1-c1ccccc1. The number of hydrogen-bond acceptors (Lipinski definition) is 2. The predicted octanol–water partition coefficient (Wildman–Crippen LogP) is 6.41. The third kappa shape index (κ3) is 3.37. The average Bonchev–Trinajstić information content (AvgIpc) is 2.72. The van der Waals surface area contributed by atoms with Gasteiger partial charge in [0.2, 0.25) is 0 Å². The Morgan fingerprint density at radius 1 is 0.821 bits per heavy atom. The Bertz CT molecular complexity index is 1190. The van der Waals surface area contributed by atoms with Gasteiger partial charge in [-0.3, -0.25) is 9.78 Å². The number of para-hydroxylation sites is 1. The molecule has 0 spiro atoms. The summed E-state index contributed by atoms with van der Waals surface area (Å²) in [7, 11) is 0. The number of benzene rings is 3. The largest absolute Gasteiger partial charge is 0.289 e. The number of aromatic nitrogens is 1. The molecule has 0 N–H and O–H groups in total. The standard InChI is InChI=1S/C26H21NO/c1-18-10-6-7-11-20(18)16-17-24(28)25-19(2)27-23-15-9-8-14-22(23)26(25)21-12-4-3-5-13-21/h3-17H,1-2H3/b17-16+. The number of hydrogen-bond donors (Lipinski definition) is 0. The van der Waals surface area contributed by atoms with Crippen LogP contribution in [0.15, 0.2) is 84.9 Å². The van der Waals surface area contributed by atoms with Gasteiger partial charge in [0.15, 0.2) is 5.78 Å². The summed E-state index contributed by atoms with van der Waals surface area (Å²) < 4.78 is 0. The molecule has 0 saturated carbocycles. The molecule has 0 atom stereocenters. The number of pyridine rings is 1. The summed E-state index contributed by atoms with van der Waals surface area (Å²) >= 11 is 0. The first-order valence-corrected chi connectivity index (χ1v) is 9.38. The smallest absolute Gasteiger partial charge is 0.188 e. The van der Waals surface area contributed by atoms with Crippen LogP contribution in [-0.4, -0.2) is 10.8 Å². The lowest BCUT2D eigenvalue weighted by Crippen LogP contribution is -2.05. The maximum Gasteiger partial charge on any atom is 0.188 e. The van der Waals surface area contributed by atoms with E-state index in [1.807, 2.05) is 98.8 Å². The Morgan fingerprint density at radius 3 is 2.29 bits per heavy atom. The van der Waals surface area contributed by atoms with Crippen LogP contribution in [0.25, 0.3) is 28.1 Å². The molecule has 0 saturated heterocycles. The van der Waals surface area contributed by atoms with Crippen LogP contribution in [0.3, 0.4) is 0 Å². The summed E-state index contributed by atoms with van der Waals surface area (Å²) in [5, 5.41) is 0.993. The molecule has 2 nitrogen and oxygen atoms in total. The van der Waals surface area contributed by atoms with Gasteiger partial charge in [0.25, 0.3) is 0 Å². The quantitative estimate of drug-likeness (QED) is 0.309. The minimum atomic E-state index is -0.0298. The van der Waals surface area contributed by atoms with Gasteiger partial charge < -0.3 is 0 Å². The Morgan fingerprint density at radius 2 is 1.50 bits per heavy atom. The zero-order chi connectivity index (χ0) is 19.5. The van der Waals surface area contributed by atoms with Crippen LogP contribution in [0.5, 0.6) is 0 Å². The van der Waals surface area contributed by atoms with Crippen molar-refractivity contribution in [1.82, 2.24) is 4.98 Å². The van der Waals surface area contributed by atoms with Crippen LogP contribution in [0.2, 0.25) is 0 Å². The van der Waals surface area contributed by atoms with E-state index in [1.54, 1.807) is 6.08 Å². The molecule has 136 valence electrons. The molecule has 0 unspecified atom stereocenters. The van der Waals surface area contributed by atoms with Gasteiger partial charge in [-0.05, 0) is 42.7 Å². The lowest BCUT2D eigenvalue weighted by Gasteiger charge is -2.14. The average molecular weight is 363 g/mol. The highest BCUT2D eigenvalue weighted by Crippen LogP contribution is 2.33. The topological polar surface area (TPSA) is 30.0 Å². The monoisotopic (exact) mass is 363 g/mol. The van der Waals surface area contributed by atoms with Crippen molar-refractivity contribution in [2.75, 3.05) is 0 Å². The van der Waals surface area contributed by atoms with Crippen molar-refractivity contribution in [2.45, 2.75) is 13.8 Å². The van der Waals surface area contributed by atoms with Crippen molar-refractivity contribution < 1.29 is 4.79 Å². The Labute approximate surface area is 165 Å². The molecule has 1 heterocycles. The molecule has 4 aromatic rings. The van der Waals surface area contributed by atoms with Crippen molar-refractivity contribution in [2.24, 2.45) is 0 Å². The fourth-order valence-electron chi connectivity index (χ4n) is 3.56. The molecule has 4 rings (SSSR count). The second kappa shape index (κ2) is 7.61. The summed E-state index contributed by atoms with van der Waals surface area (Å²) in [5.74, 6) is -0.0298. The third-order valence-corrected chi connectivity index (χ3v) is 4.98. The van der Waals surface area contributed by atoms with Gasteiger partial charge in [-0.25, -0.2) is 0 Å². The highest BCUT2D eigenvalue weighted by molar-refractivity contribution is 6.16. The first-order valence-electron chi connectivity index (χ1n) is 9.38. The van der Waals surface area contributed by atoms with E-state index in [2.05, 4.69) is 0 Å². The number of allylic oxidation sites excluding steroid dienone is 1. The van der Waals surface area contributed by atoms with Gasteiger partial charge in [0.1, 0.15) is 0 Å². The summed E-state index contributed by atoms with van der Waals surface area (Å²) in [6.07, 6.45) is 3.55. The lowest BCUT2D eigenvalue weighted by atomic mass is 9.92. The fourth-order valence-corrected chi connectivity index (χ4v) is 3.56. The molecule has 0 aliphatic carbocycles. The molecule has 2 heteroatoms. The number of nitrogens with zero attached hydrogens (tertiary/aromatic N) is 1. The number of fused-ring (bicyclic) bond motifs is 1. The predicted molar refractivity (Wildman–Crippen MR) is 116 cm³/mol. The van der Waals surface area contributed by atoms with Crippen LogP contribution in [-0.2, 0) is 0 Å². The number of ketones is 1. The van der Waals surface area contributed by atoms with Crippen molar-refractivity contribution in [3.05, 3.63) is 107 Å². The van der Waals surface area contributed by atoms with Gasteiger partial charge in [-0.2, -0.15) is 0 Å². The molecule has 0 aliphatic heterocycles. The summed E-state index contributed by atoms with van der Waals surface area (Å²) in [6, 6.07) is 26.1. The zero-order valence-electron chi connectivity index (χ0n) is 16.0. The number of rotatable bonds is 4. The van der Waals surface area contributed by atoms with Crippen molar-refractivity contribution in [1.29, 1.82) is 0 Å². The molecule has 0 aliphatic rings. The first-order chi connectivity index (χ1) is 13.6. The van der Waals surface area contributed by atoms with Crippen LogP contribution in [0.1, 0.15) is 27.2 Å². The Hall–Kier alpha value is -3.52. The van der Waals surface area contributed by atoms with Crippen LogP contribution >= 0.6 is 0 Å². The fraction of sp³-hybridized carbons (Fsp3) is 0.0769. The minimum absolute atomic E-state index is 0.0298. The maximum absolute atomic E-state index is 13.3. The molecular formula is C26H21NO. The first kappa shape index (κ1) is 17.9. The van der Waals surface area contributed by atoms with Gasteiger partial charge in [-0.15, -0.1) is 0 Å². The van der Waals surface area contributed by atoms with Crippen LogP contribution in [0, 0.1) is 13.8 Å². The molecule has 0 fully saturated rings. The molecule has 0 radical (unpaired) electrons. The van der Waals surface area contributed by atoms with Crippen LogP contribution < -0.4 is 0 Å². The van der Waals surface area contributed by atoms with E-state index in [0.29, 0.717) is 5.56 Å². The molecule has 0 bridgehead atoms. The van der Waals surface area contributed by atoms with E-state index < -0.39 is 0 Å². The normalized spacial score (nSPS) is 11.2. The number of carbonyl (C=O) groups excluding carboxylic acids is 1. The van der Waals surface area contributed by atoms with Crippen molar-refractivity contribution in [3.63, 3.8) is 0 Å². The molecule has 28 heavy (non-hydrogen) atoms. The highest BCUT2D eigenvalue weighted by atomic mass is 16.1. The second-order valence-electron chi connectivity index (χ2n) is 6.88. The van der Waals surface area contributed by atoms with Crippen molar-refractivity contribution >= 4 is 22.8 Å². The number of carbonyl (C=O) groups is 1. The minimum Gasteiger partial charge on any atom is -0.289 e. The van der Waals surface area contributed by atoms with E-state index in [-0.39, 0.29) is 5.78 Å². The Kier molecular flexibility index (Phi) is 4.86. The van der Waals surface area contributed by atoms with Gasteiger partial charge >= 0.3 is 0 Å².